The summed E-state index contributed by atoms with van der Waals surface area (Å²) < 4.78 is 5.31. The molecule has 3 aromatic rings. The summed E-state index contributed by atoms with van der Waals surface area (Å²) in [6.07, 6.45) is 0. The summed E-state index contributed by atoms with van der Waals surface area (Å²) in [4.78, 5) is 10.1. The molecular formula is C23H27N3O. The minimum Gasteiger partial charge on any atom is -0.497 e. The number of nitrogens with zero attached hydrogens (tertiary/aromatic N) is 3. The van der Waals surface area contributed by atoms with Gasteiger partial charge in [-0.3, -0.25) is 0 Å². The second-order valence-electron chi connectivity index (χ2n) is 7.10. The van der Waals surface area contributed by atoms with E-state index in [4.69, 9.17) is 9.72 Å². The highest BCUT2D eigenvalue weighted by atomic mass is 16.5. The van der Waals surface area contributed by atoms with Crippen LogP contribution < -0.4 is 9.64 Å². The number of aryl methyl sites for hydroxylation is 1. The van der Waals surface area contributed by atoms with Crippen molar-refractivity contribution in [3.05, 3.63) is 54.1 Å². The molecule has 1 saturated heterocycles. The van der Waals surface area contributed by atoms with Crippen LogP contribution in [0.3, 0.4) is 0 Å². The van der Waals surface area contributed by atoms with E-state index in [1.54, 1.807) is 7.11 Å². The van der Waals surface area contributed by atoms with Crippen LogP contribution >= 0.6 is 0 Å². The van der Waals surface area contributed by atoms with Crippen LogP contribution in [0.25, 0.3) is 22.0 Å². The molecule has 2 aromatic carbocycles. The van der Waals surface area contributed by atoms with E-state index in [0.717, 1.165) is 55.5 Å². The summed E-state index contributed by atoms with van der Waals surface area (Å²) in [5.41, 5.74) is 3.42. The summed E-state index contributed by atoms with van der Waals surface area (Å²) in [7, 11) is 1.70. The molecule has 0 amide bonds. The van der Waals surface area contributed by atoms with Gasteiger partial charge in [0.2, 0.25) is 0 Å². The number of hydrogen-bond donors (Lipinski definition) is 0. The lowest BCUT2D eigenvalue weighted by Crippen LogP contribution is -2.46. The lowest BCUT2D eigenvalue weighted by molar-refractivity contribution is 0.271. The van der Waals surface area contributed by atoms with Gasteiger partial charge in [0.1, 0.15) is 11.6 Å². The lowest BCUT2D eigenvalue weighted by Gasteiger charge is -2.35. The Morgan fingerprint density at radius 2 is 1.59 bits per heavy atom. The van der Waals surface area contributed by atoms with Crippen molar-refractivity contribution in [1.29, 1.82) is 0 Å². The maximum atomic E-state index is 5.31. The molecule has 27 heavy (non-hydrogen) atoms. The molecule has 0 bridgehead atoms. The zero-order valence-corrected chi connectivity index (χ0v) is 16.4. The third-order valence-corrected chi connectivity index (χ3v) is 5.63. The Kier molecular flexibility index (Phi) is 4.99. The molecule has 0 spiro atoms. The predicted molar refractivity (Wildman–Crippen MR) is 113 cm³/mol. The zero-order valence-electron chi connectivity index (χ0n) is 16.4. The maximum absolute atomic E-state index is 5.31. The molecule has 140 valence electrons. The number of hydrogen-bond acceptors (Lipinski definition) is 4. The predicted octanol–water partition coefficient (Wildman–Crippen LogP) is 4.36. The number of rotatable bonds is 4. The van der Waals surface area contributed by atoms with E-state index in [-0.39, 0.29) is 0 Å². The Morgan fingerprint density at radius 1 is 0.926 bits per heavy atom. The molecule has 1 aliphatic heterocycles. The van der Waals surface area contributed by atoms with Crippen molar-refractivity contribution in [2.45, 2.75) is 13.8 Å². The minimum atomic E-state index is 0.869. The highest BCUT2D eigenvalue weighted by molar-refractivity contribution is 5.98. The van der Waals surface area contributed by atoms with Gasteiger partial charge >= 0.3 is 0 Å². The zero-order chi connectivity index (χ0) is 18.8. The normalized spacial score (nSPS) is 15.3. The van der Waals surface area contributed by atoms with Crippen molar-refractivity contribution in [3.63, 3.8) is 0 Å². The second-order valence-corrected chi connectivity index (χ2v) is 7.10. The van der Waals surface area contributed by atoms with Gasteiger partial charge in [-0.15, -0.1) is 0 Å². The van der Waals surface area contributed by atoms with Gasteiger partial charge in [0.25, 0.3) is 0 Å². The van der Waals surface area contributed by atoms with Crippen molar-refractivity contribution < 1.29 is 4.74 Å². The Labute approximate surface area is 161 Å². The van der Waals surface area contributed by atoms with E-state index in [0.29, 0.717) is 0 Å². The van der Waals surface area contributed by atoms with Gasteiger partial charge in [-0.2, -0.15) is 0 Å². The number of ether oxygens (including phenoxy) is 1. The topological polar surface area (TPSA) is 28.6 Å². The van der Waals surface area contributed by atoms with Crippen molar-refractivity contribution in [2.75, 3.05) is 44.7 Å². The van der Waals surface area contributed by atoms with Gasteiger partial charge in [-0.05, 0) is 48.7 Å². The van der Waals surface area contributed by atoms with Crippen LogP contribution in [0.2, 0.25) is 0 Å². The van der Waals surface area contributed by atoms with Crippen LogP contribution in [-0.4, -0.2) is 49.7 Å². The molecule has 4 rings (SSSR count). The first kappa shape index (κ1) is 17.8. The van der Waals surface area contributed by atoms with Gasteiger partial charge in [-0.25, -0.2) is 4.98 Å². The Morgan fingerprint density at radius 3 is 2.22 bits per heavy atom. The molecule has 0 atom stereocenters. The second kappa shape index (κ2) is 7.57. The van der Waals surface area contributed by atoms with Crippen LogP contribution in [0, 0.1) is 6.92 Å². The summed E-state index contributed by atoms with van der Waals surface area (Å²) >= 11 is 0. The van der Waals surface area contributed by atoms with E-state index in [1.165, 1.54) is 16.3 Å². The summed E-state index contributed by atoms with van der Waals surface area (Å²) in [6.45, 7) is 9.76. The number of aromatic nitrogens is 1. The quantitative estimate of drug-likeness (QED) is 0.690. The van der Waals surface area contributed by atoms with Crippen LogP contribution in [0.5, 0.6) is 5.75 Å². The SMILES string of the molecule is CCN1CCN(c2nc(-c3ccc(OC)cc3)c(C)c3ccccc23)CC1. The number of benzene rings is 2. The highest BCUT2D eigenvalue weighted by Gasteiger charge is 2.21. The van der Waals surface area contributed by atoms with Crippen molar-refractivity contribution in [3.8, 4) is 17.0 Å². The molecule has 0 aliphatic carbocycles. The molecule has 0 N–H and O–H groups in total. The number of fused-ring (bicyclic) bond motifs is 1. The molecule has 2 heterocycles. The van der Waals surface area contributed by atoms with Gasteiger partial charge in [0.05, 0.1) is 12.8 Å². The maximum Gasteiger partial charge on any atom is 0.137 e. The fourth-order valence-electron chi connectivity index (χ4n) is 3.93. The number of anilines is 1. The van der Waals surface area contributed by atoms with Crippen molar-refractivity contribution >= 4 is 16.6 Å². The van der Waals surface area contributed by atoms with E-state index in [2.05, 4.69) is 60.0 Å². The number of methoxy groups -OCH3 is 1. The van der Waals surface area contributed by atoms with Crippen LogP contribution in [-0.2, 0) is 0 Å². The number of likely N-dealkylation sites (N-methyl/N-ethyl adjacent to an activating group) is 1. The van der Waals surface area contributed by atoms with Crippen LogP contribution in [0.4, 0.5) is 5.82 Å². The average molecular weight is 361 g/mol. The van der Waals surface area contributed by atoms with E-state index < -0.39 is 0 Å². The summed E-state index contributed by atoms with van der Waals surface area (Å²) in [6, 6.07) is 16.9. The third-order valence-electron chi connectivity index (χ3n) is 5.63. The monoisotopic (exact) mass is 361 g/mol. The smallest absolute Gasteiger partial charge is 0.137 e. The first-order valence-electron chi connectivity index (χ1n) is 9.72. The summed E-state index contributed by atoms with van der Waals surface area (Å²) in [5, 5.41) is 2.53. The molecular weight excluding hydrogens is 334 g/mol. The Hall–Kier alpha value is -2.59. The summed E-state index contributed by atoms with van der Waals surface area (Å²) in [5.74, 6) is 1.98. The molecule has 0 unspecified atom stereocenters. The number of piperazine rings is 1. The highest BCUT2D eigenvalue weighted by Crippen LogP contribution is 2.34. The first-order chi connectivity index (χ1) is 13.2. The fraction of sp³-hybridized carbons (Fsp3) is 0.348. The standard InChI is InChI=1S/C23H27N3O/c1-4-25-13-15-26(16-14-25)23-21-8-6-5-7-20(21)17(2)22(24-23)18-9-11-19(27-3)12-10-18/h5-12H,4,13-16H2,1-3H3. The van der Waals surface area contributed by atoms with Crippen LogP contribution in [0.15, 0.2) is 48.5 Å². The first-order valence-corrected chi connectivity index (χ1v) is 9.72. The van der Waals surface area contributed by atoms with E-state index >= 15 is 0 Å². The van der Waals surface area contributed by atoms with E-state index in [9.17, 15) is 0 Å². The van der Waals surface area contributed by atoms with Gasteiger partial charge in [-0.1, -0.05) is 31.2 Å². The van der Waals surface area contributed by atoms with Crippen molar-refractivity contribution in [1.82, 2.24) is 9.88 Å². The largest absolute Gasteiger partial charge is 0.497 e. The van der Waals surface area contributed by atoms with Gasteiger partial charge in [0.15, 0.2) is 0 Å². The molecule has 0 saturated carbocycles. The number of pyridine rings is 1. The van der Waals surface area contributed by atoms with Crippen LogP contribution in [0.1, 0.15) is 12.5 Å². The molecule has 1 aliphatic rings. The van der Waals surface area contributed by atoms with E-state index in [1.807, 2.05) is 12.1 Å². The third kappa shape index (κ3) is 3.37. The fourth-order valence-corrected chi connectivity index (χ4v) is 3.93. The van der Waals surface area contributed by atoms with Crippen molar-refractivity contribution in [2.24, 2.45) is 0 Å². The molecule has 1 fully saturated rings. The Balaban J connectivity index is 1.81. The average Bonchev–Trinajstić information content (AvgIpc) is 2.74. The lowest BCUT2D eigenvalue weighted by atomic mass is 10.00. The molecule has 1 aromatic heterocycles. The molecule has 0 radical (unpaired) electrons. The van der Waals surface area contributed by atoms with Gasteiger partial charge < -0.3 is 14.5 Å². The molecule has 4 nitrogen and oxygen atoms in total. The minimum absolute atomic E-state index is 0.869. The molecule has 4 heteroatoms. The Bertz CT molecular complexity index is 928. The van der Waals surface area contributed by atoms with Gasteiger partial charge in [0, 0.05) is 37.1 Å².